The molecule has 1 rings (SSSR count). The summed E-state index contributed by atoms with van der Waals surface area (Å²) in [6.45, 7) is 1.64. The minimum atomic E-state index is -0.616. The zero-order valence-electron chi connectivity index (χ0n) is 9.45. The van der Waals surface area contributed by atoms with Gasteiger partial charge < -0.3 is 9.47 Å². The van der Waals surface area contributed by atoms with Crippen molar-refractivity contribution in [2.24, 2.45) is 11.8 Å². The van der Waals surface area contributed by atoms with Crippen LogP contribution in [0.1, 0.15) is 26.2 Å². The van der Waals surface area contributed by atoms with E-state index >= 15 is 0 Å². The molecule has 0 saturated heterocycles. The van der Waals surface area contributed by atoms with Gasteiger partial charge in [0.2, 0.25) is 0 Å². The first-order valence-electron chi connectivity index (χ1n) is 5.12. The van der Waals surface area contributed by atoms with Gasteiger partial charge in [0.15, 0.2) is 11.6 Å². The maximum absolute atomic E-state index is 11.8. The van der Waals surface area contributed by atoms with Crippen molar-refractivity contribution in [2.45, 2.75) is 32.0 Å². The Kier molecular flexibility index (Phi) is 3.83. The molecule has 4 heteroatoms. The lowest BCUT2D eigenvalue weighted by Gasteiger charge is -2.25. The second kappa shape index (κ2) is 4.73. The van der Waals surface area contributed by atoms with Gasteiger partial charge >= 0.3 is 0 Å². The summed E-state index contributed by atoms with van der Waals surface area (Å²) in [7, 11) is 3.17. The number of carbonyl (C=O) groups is 1. The molecule has 0 N–H and O–H groups in total. The zero-order chi connectivity index (χ0) is 11.5. The van der Waals surface area contributed by atoms with E-state index in [1.807, 2.05) is 6.07 Å². The number of ketones is 1. The predicted molar refractivity (Wildman–Crippen MR) is 53.9 cm³/mol. The molecule has 0 aliphatic heterocycles. The second-order valence-electron chi connectivity index (χ2n) is 4.01. The van der Waals surface area contributed by atoms with Crippen LogP contribution in [0.2, 0.25) is 0 Å². The van der Waals surface area contributed by atoms with E-state index in [4.69, 9.17) is 14.7 Å². The number of carbonyl (C=O) groups excluding carboxylic acids is 1. The number of Topliss-reactive ketones (excluding diaryl/α,β-unsaturated/α-hetero) is 1. The van der Waals surface area contributed by atoms with Crippen LogP contribution in [0.4, 0.5) is 0 Å². The molecule has 0 aromatic carbocycles. The minimum Gasteiger partial charge on any atom is -0.353 e. The molecular formula is C11H17NO3. The lowest BCUT2D eigenvalue weighted by molar-refractivity contribution is -0.202. The molecule has 0 spiro atoms. The average Bonchev–Trinajstić information content (AvgIpc) is 2.72. The van der Waals surface area contributed by atoms with Gasteiger partial charge in [-0.1, -0.05) is 0 Å². The summed E-state index contributed by atoms with van der Waals surface area (Å²) in [5.74, 6) is -1.23. The van der Waals surface area contributed by atoms with Crippen LogP contribution in [0, 0.1) is 23.2 Å². The highest BCUT2D eigenvalue weighted by Crippen LogP contribution is 2.38. The molecule has 0 amide bonds. The number of hydrogen-bond donors (Lipinski definition) is 0. The number of methoxy groups -OCH3 is 2. The maximum atomic E-state index is 11.8. The van der Waals surface area contributed by atoms with Crippen LogP contribution in [0.3, 0.4) is 0 Å². The molecule has 0 aromatic rings. The van der Waals surface area contributed by atoms with Crippen LogP contribution < -0.4 is 0 Å². The topological polar surface area (TPSA) is 59.3 Å². The highest BCUT2D eigenvalue weighted by atomic mass is 16.7. The fourth-order valence-corrected chi connectivity index (χ4v) is 2.09. The number of nitrogens with zero attached hydrogens (tertiary/aromatic N) is 1. The van der Waals surface area contributed by atoms with Gasteiger partial charge in [-0.25, -0.2) is 0 Å². The number of rotatable bonds is 4. The van der Waals surface area contributed by atoms with E-state index in [9.17, 15) is 4.79 Å². The summed E-state index contributed by atoms with van der Waals surface area (Å²) in [5.41, 5.74) is 0. The van der Waals surface area contributed by atoms with E-state index < -0.39 is 11.7 Å². The molecule has 1 unspecified atom stereocenters. The van der Waals surface area contributed by atoms with E-state index in [0.29, 0.717) is 12.8 Å². The van der Waals surface area contributed by atoms with Crippen LogP contribution in [-0.2, 0) is 14.3 Å². The molecule has 0 radical (unpaired) electrons. The largest absolute Gasteiger partial charge is 0.353 e. The fraction of sp³-hybridized carbons (Fsp3) is 0.818. The normalized spacial score (nSPS) is 25.9. The lowest BCUT2D eigenvalue weighted by Crippen LogP contribution is -2.31. The van der Waals surface area contributed by atoms with E-state index in [2.05, 4.69) is 0 Å². The zero-order valence-corrected chi connectivity index (χ0v) is 9.45. The van der Waals surface area contributed by atoms with Crippen molar-refractivity contribution in [2.75, 3.05) is 14.2 Å². The first-order valence-corrected chi connectivity index (χ1v) is 5.12. The third-order valence-corrected chi connectivity index (χ3v) is 3.20. The van der Waals surface area contributed by atoms with Gasteiger partial charge in [-0.3, -0.25) is 4.79 Å². The smallest absolute Gasteiger partial charge is 0.168 e. The lowest BCUT2D eigenvalue weighted by atomic mass is 9.93. The van der Waals surface area contributed by atoms with Crippen molar-refractivity contribution >= 4 is 5.78 Å². The molecule has 84 valence electrons. The van der Waals surface area contributed by atoms with Gasteiger partial charge in [-0.2, -0.15) is 5.26 Å². The van der Waals surface area contributed by atoms with Crippen LogP contribution in [0.15, 0.2) is 0 Å². The summed E-state index contributed by atoms with van der Waals surface area (Å²) in [6, 6.07) is 1.97. The molecule has 1 saturated carbocycles. The van der Waals surface area contributed by atoms with Crippen LogP contribution >= 0.6 is 0 Å². The van der Waals surface area contributed by atoms with Gasteiger partial charge in [-0.05, 0) is 13.3 Å². The van der Waals surface area contributed by atoms with E-state index in [-0.39, 0.29) is 11.7 Å². The average molecular weight is 211 g/mol. The SMILES string of the molecule is COC1(OC)CCC(C(=O)[C@H](C)C#N)C1. The molecule has 1 aliphatic rings. The first kappa shape index (κ1) is 12.2. The van der Waals surface area contributed by atoms with Crippen molar-refractivity contribution in [1.29, 1.82) is 5.26 Å². The molecule has 0 heterocycles. The maximum Gasteiger partial charge on any atom is 0.168 e. The summed E-state index contributed by atoms with van der Waals surface area (Å²) in [5, 5.41) is 8.68. The standard InChI is InChI=1S/C11H17NO3/c1-8(7-12)10(13)9-4-5-11(6-9,14-2)15-3/h8-9H,4-6H2,1-3H3/t8-,9?/m1/s1. The Morgan fingerprint density at radius 3 is 2.53 bits per heavy atom. The number of hydrogen-bond acceptors (Lipinski definition) is 4. The summed E-state index contributed by atoms with van der Waals surface area (Å²) in [6.07, 6.45) is 2.02. The molecule has 0 aromatic heterocycles. The van der Waals surface area contributed by atoms with Crippen LogP contribution in [0.25, 0.3) is 0 Å². The predicted octanol–water partition coefficient (Wildman–Crippen LogP) is 1.50. The van der Waals surface area contributed by atoms with Gasteiger partial charge in [0.1, 0.15) is 5.92 Å². The molecule has 1 fully saturated rings. The van der Waals surface area contributed by atoms with Crippen molar-refractivity contribution in [3.63, 3.8) is 0 Å². The monoisotopic (exact) mass is 211 g/mol. The summed E-state index contributed by atoms with van der Waals surface area (Å²) in [4.78, 5) is 11.8. The van der Waals surface area contributed by atoms with Crippen LogP contribution in [-0.4, -0.2) is 25.8 Å². The molecule has 4 nitrogen and oxygen atoms in total. The Bertz CT molecular complexity index is 278. The molecule has 0 bridgehead atoms. The fourth-order valence-electron chi connectivity index (χ4n) is 2.09. The molecule has 1 aliphatic carbocycles. The second-order valence-corrected chi connectivity index (χ2v) is 4.01. The Balaban J connectivity index is 2.64. The highest BCUT2D eigenvalue weighted by molar-refractivity contribution is 5.85. The quantitative estimate of drug-likeness (QED) is 0.661. The first-order chi connectivity index (χ1) is 7.08. The number of nitriles is 1. The van der Waals surface area contributed by atoms with Gasteiger partial charge in [0, 0.05) is 33.0 Å². The van der Waals surface area contributed by atoms with E-state index in [1.165, 1.54) is 0 Å². The van der Waals surface area contributed by atoms with Gasteiger partial charge in [0.25, 0.3) is 0 Å². The Labute approximate surface area is 90.2 Å². The Hall–Kier alpha value is -0.920. The van der Waals surface area contributed by atoms with E-state index in [1.54, 1.807) is 21.1 Å². The summed E-state index contributed by atoms with van der Waals surface area (Å²) < 4.78 is 10.6. The summed E-state index contributed by atoms with van der Waals surface area (Å²) >= 11 is 0. The number of ether oxygens (including phenoxy) is 2. The van der Waals surface area contributed by atoms with Gasteiger partial charge in [0.05, 0.1) is 6.07 Å². The third kappa shape index (κ3) is 2.36. The highest BCUT2D eigenvalue weighted by Gasteiger charge is 2.43. The van der Waals surface area contributed by atoms with Crippen molar-refractivity contribution < 1.29 is 14.3 Å². The Morgan fingerprint density at radius 2 is 2.13 bits per heavy atom. The van der Waals surface area contributed by atoms with Crippen molar-refractivity contribution in [3.8, 4) is 6.07 Å². The van der Waals surface area contributed by atoms with Crippen molar-refractivity contribution in [1.82, 2.24) is 0 Å². The van der Waals surface area contributed by atoms with Crippen molar-refractivity contribution in [3.05, 3.63) is 0 Å². The minimum absolute atomic E-state index is 0.00785. The van der Waals surface area contributed by atoms with Crippen LogP contribution in [0.5, 0.6) is 0 Å². The van der Waals surface area contributed by atoms with Gasteiger partial charge in [-0.15, -0.1) is 0 Å². The Morgan fingerprint density at radius 1 is 1.53 bits per heavy atom. The molecule has 2 atom stereocenters. The molecular weight excluding hydrogens is 194 g/mol. The molecule has 15 heavy (non-hydrogen) atoms. The van der Waals surface area contributed by atoms with E-state index in [0.717, 1.165) is 6.42 Å². The third-order valence-electron chi connectivity index (χ3n) is 3.20.